The van der Waals surface area contributed by atoms with Crippen molar-refractivity contribution in [2.75, 3.05) is 26.2 Å². The number of hydrogen-bond acceptors (Lipinski definition) is 4. The van der Waals surface area contributed by atoms with Crippen LogP contribution in [0.15, 0.2) is 53.4 Å². The largest absolute Gasteiger partial charge is 0.340 e. The first-order valence-corrected chi connectivity index (χ1v) is 11.6. The van der Waals surface area contributed by atoms with Crippen LogP contribution >= 0.6 is 0 Å². The van der Waals surface area contributed by atoms with Gasteiger partial charge >= 0.3 is 0 Å². The summed E-state index contributed by atoms with van der Waals surface area (Å²) in [6.45, 7) is 5.54. The molecular weight excluding hydrogens is 398 g/mol. The zero-order chi connectivity index (χ0) is 21.7. The van der Waals surface area contributed by atoms with Gasteiger partial charge in [-0.25, -0.2) is 8.42 Å². The summed E-state index contributed by atoms with van der Waals surface area (Å²) in [6, 6.07) is 16.4. The average Bonchev–Trinajstić information content (AvgIpc) is 2.78. The van der Waals surface area contributed by atoms with Gasteiger partial charge in [0.05, 0.1) is 16.5 Å². The highest BCUT2D eigenvalue weighted by Crippen LogP contribution is 2.21. The molecular formula is C23H27N3O3S. The zero-order valence-corrected chi connectivity index (χ0v) is 18.2. The fourth-order valence-corrected chi connectivity index (χ4v) is 4.93. The Bertz CT molecular complexity index is 1010. The summed E-state index contributed by atoms with van der Waals surface area (Å²) in [5, 5.41) is 8.84. The average molecular weight is 426 g/mol. The molecule has 7 heteroatoms. The molecule has 1 saturated heterocycles. The maximum absolute atomic E-state index is 12.9. The summed E-state index contributed by atoms with van der Waals surface area (Å²) in [5.41, 5.74) is 2.71. The van der Waals surface area contributed by atoms with Crippen LogP contribution < -0.4 is 0 Å². The van der Waals surface area contributed by atoms with Gasteiger partial charge in [-0.3, -0.25) is 4.79 Å². The van der Waals surface area contributed by atoms with Gasteiger partial charge < -0.3 is 4.90 Å². The van der Waals surface area contributed by atoms with Gasteiger partial charge in [0.25, 0.3) is 0 Å². The van der Waals surface area contributed by atoms with E-state index in [4.69, 9.17) is 5.26 Å². The lowest BCUT2D eigenvalue weighted by Crippen LogP contribution is -2.50. The fraction of sp³-hybridized carbons (Fsp3) is 0.391. The second kappa shape index (κ2) is 9.41. The number of carbonyl (C=O) groups excluding carboxylic acids is 1. The predicted octanol–water partition coefficient (Wildman–Crippen LogP) is 3.15. The number of sulfonamides is 1. The van der Waals surface area contributed by atoms with Gasteiger partial charge in [-0.2, -0.15) is 9.57 Å². The van der Waals surface area contributed by atoms with Gasteiger partial charge in [0, 0.05) is 32.6 Å². The topological polar surface area (TPSA) is 81.5 Å². The Balaban J connectivity index is 1.54. The van der Waals surface area contributed by atoms with Crippen molar-refractivity contribution < 1.29 is 13.2 Å². The number of benzene rings is 2. The van der Waals surface area contributed by atoms with E-state index in [0.29, 0.717) is 55.4 Å². The van der Waals surface area contributed by atoms with Crippen molar-refractivity contribution in [3.8, 4) is 6.07 Å². The van der Waals surface area contributed by atoms with Crippen LogP contribution in [-0.4, -0.2) is 49.7 Å². The molecule has 1 fully saturated rings. The Hall–Kier alpha value is -2.69. The molecule has 0 bridgehead atoms. The van der Waals surface area contributed by atoms with Crippen molar-refractivity contribution in [1.82, 2.24) is 9.21 Å². The van der Waals surface area contributed by atoms with Gasteiger partial charge in [-0.15, -0.1) is 0 Å². The van der Waals surface area contributed by atoms with E-state index < -0.39 is 10.0 Å². The molecule has 158 valence electrons. The summed E-state index contributed by atoms with van der Waals surface area (Å²) in [4.78, 5) is 14.6. The van der Waals surface area contributed by atoms with Crippen molar-refractivity contribution in [3.63, 3.8) is 0 Å². The third-order valence-electron chi connectivity index (χ3n) is 5.49. The maximum Gasteiger partial charge on any atom is 0.243 e. The van der Waals surface area contributed by atoms with Gasteiger partial charge in [-0.05, 0) is 47.7 Å². The Morgan fingerprint density at radius 1 is 1.00 bits per heavy atom. The molecule has 1 aliphatic rings. The molecule has 1 aliphatic heterocycles. The lowest BCUT2D eigenvalue weighted by molar-refractivity contribution is -0.132. The molecule has 2 aromatic rings. The van der Waals surface area contributed by atoms with E-state index in [9.17, 15) is 13.2 Å². The fourth-order valence-electron chi connectivity index (χ4n) is 3.51. The summed E-state index contributed by atoms with van der Waals surface area (Å²) in [7, 11) is -3.55. The third-order valence-corrected chi connectivity index (χ3v) is 7.40. The van der Waals surface area contributed by atoms with E-state index >= 15 is 0 Å². The highest BCUT2D eigenvalue weighted by atomic mass is 32.2. The second-order valence-electron chi connectivity index (χ2n) is 7.82. The number of nitriles is 1. The number of nitrogens with zero attached hydrogens (tertiary/aromatic N) is 3. The molecule has 0 aliphatic carbocycles. The molecule has 3 rings (SSSR count). The lowest BCUT2D eigenvalue weighted by atomic mass is 10.0. The van der Waals surface area contributed by atoms with Gasteiger partial charge in [0.15, 0.2) is 0 Å². The summed E-state index contributed by atoms with van der Waals surface area (Å²) >= 11 is 0. The molecule has 2 aromatic carbocycles. The van der Waals surface area contributed by atoms with E-state index in [1.54, 1.807) is 29.2 Å². The summed E-state index contributed by atoms with van der Waals surface area (Å²) in [5.74, 6) is 0.373. The van der Waals surface area contributed by atoms with Gasteiger partial charge in [-0.1, -0.05) is 38.1 Å². The number of carbonyl (C=O) groups is 1. The van der Waals surface area contributed by atoms with Gasteiger partial charge in [0.2, 0.25) is 15.9 Å². The van der Waals surface area contributed by atoms with Crippen molar-refractivity contribution >= 4 is 15.9 Å². The van der Waals surface area contributed by atoms with E-state index in [1.807, 2.05) is 24.3 Å². The number of amides is 1. The molecule has 6 nitrogen and oxygen atoms in total. The van der Waals surface area contributed by atoms with Crippen molar-refractivity contribution in [3.05, 3.63) is 65.2 Å². The van der Waals surface area contributed by atoms with E-state index in [1.165, 1.54) is 4.31 Å². The Labute approximate surface area is 178 Å². The lowest BCUT2D eigenvalue weighted by Gasteiger charge is -2.34. The highest BCUT2D eigenvalue weighted by molar-refractivity contribution is 7.89. The quantitative estimate of drug-likeness (QED) is 0.712. The molecule has 1 heterocycles. The second-order valence-corrected chi connectivity index (χ2v) is 9.76. The summed E-state index contributed by atoms with van der Waals surface area (Å²) in [6.07, 6.45) is 0.973. The predicted molar refractivity (Wildman–Crippen MR) is 115 cm³/mol. The monoisotopic (exact) mass is 425 g/mol. The standard InChI is InChI=1S/C23H27N3O3S/c1-18(2)21-8-10-22(11-9-21)30(28,29)26-15-13-25(14-16-26)23(27)12-7-19-3-5-20(17-24)6-4-19/h3-6,8-11,18H,7,12-16H2,1-2H3. The maximum atomic E-state index is 12.9. The first-order valence-electron chi connectivity index (χ1n) is 10.2. The van der Waals surface area contributed by atoms with Crippen LogP contribution in [0, 0.1) is 11.3 Å². The van der Waals surface area contributed by atoms with Crippen LogP contribution in [0.2, 0.25) is 0 Å². The first kappa shape index (κ1) is 22.0. The minimum atomic E-state index is -3.55. The molecule has 0 atom stereocenters. The van der Waals surface area contributed by atoms with E-state index in [-0.39, 0.29) is 5.91 Å². The van der Waals surface area contributed by atoms with Crippen LogP contribution in [0.25, 0.3) is 0 Å². The Kier molecular flexibility index (Phi) is 6.91. The molecule has 1 amide bonds. The normalized spacial score (nSPS) is 15.2. The minimum Gasteiger partial charge on any atom is -0.340 e. The summed E-state index contributed by atoms with van der Waals surface area (Å²) < 4.78 is 27.3. The molecule has 0 unspecified atom stereocenters. The Morgan fingerprint density at radius 3 is 2.13 bits per heavy atom. The minimum absolute atomic E-state index is 0.0256. The van der Waals surface area contributed by atoms with Crippen molar-refractivity contribution in [1.29, 1.82) is 5.26 Å². The van der Waals surface area contributed by atoms with Crippen LogP contribution in [0.4, 0.5) is 0 Å². The van der Waals surface area contributed by atoms with Crippen molar-refractivity contribution in [2.24, 2.45) is 0 Å². The zero-order valence-electron chi connectivity index (χ0n) is 17.4. The smallest absolute Gasteiger partial charge is 0.243 e. The molecule has 30 heavy (non-hydrogen) atoms. The molecule has 0 radical (unpaired) electrons. The highest BCUT2D eigenvalue weighted by Gasteiger charge is 2.30. The number of aryl methyl sites for hydroxylation is 1. The SMILES string of the molecule is CC(C)c1ccc(S(=O)(=O)N2CCN(C(=O)CCc3ccc(C#N)cc3)CC2)cc1. The molecule has 0 aromatic heterocycles. The van der Waals surface area contributed by atoms with Crippen LogP contribution in [0.5, 0.6) is 0 Å². The van der Waals surface area contributed by atoms with E-state index in [2.05, 4.69) is 19.9 Å². The first-order chi connectivity index (χ1) is 14.3. The molecule has 0 spiro atoms. The van der Waals surface area contributed by atoms with Gasteiger partial charge in [0.1, 0.15) is 0 Å². The number of rotatable bonds is 6. The van der Waals surface area contributed by atoms with E-state index in [0.717, 1.165) is 11.1 Å². The Morgan fingerprint density at radius 2 is 1.60 bits per heavy atom. The third kappa shape index (κ3) is 5.07. The van der Waals surface area contributed by atoms with Crippen LogP contribution in [0.3, 0.4) is 0 Å². The number of piperazine rings is 1. The molecule has 0 saturated carbocycles. The van der Waals surface area contributed by atoms with Crippen LogP contribution in [-0.2, 0) is 21.2 Å². The van der Waals surface area contributed by atoms with Crippen LogP contribution in [0.1, 0.15) is 42.9 Å². The number of hydrogen-bond donors (Lipinski definition) is 0. The molecule has 0 N–H and O–H groups in total. The van der Waals surface area contributed by atoms with Crippen molar-refractivity contribution in [2.45, 2.75) is 37.5 Å².